The summed E-state index contributed by atoms with van der Waals surface area (Å²) in [6.45, 7) is 1.78. The van der Waals surface area contributed by atoms with E-state index >= 15 is 0 Å². The third-order valence-electron chi connectivity index (χ3n) is 5.67. The molecule has 184 valence electrons. The molecule has 0 aromatic heterocycles. The van der Waals surface area contributed by atoms with Crippen molar-refractivity contribution in [3.05, 3.63) is 94.0 Å². The average Bonchev–Trinajstić information content (AvgIpc) is 3.01. The normalized spacial score (nSPS) is 12.7. The van der Waals surface area contributed by atoms with E-state index in [1.165, 1.54) is 9.80 Å². The van der Waals surface area contributed by atoms with Gasteiger partial charge in [-0.2, -0.15) is 5.26 Å². The molecule has 0 unspecified atom stereocenters. The first-order valence-corrected chi connectivity index (χ1v) is 12.0. The first-order chi connectivity index (χ1) is 17.9. The number of amides is 2. The second kappa shape index (κ2) is 11.4. The molecule has 0 saturated carbocycles. The van der Waals surface area contributed by atoms with Gasteiger partial charge < -0.3 is 9.64 Å². The summed E-state index contributed by atoms with van der Waals surface area (Å²) in [6, 6.07) is 20.8. The van der Waals surface area contributed by atoms with Crippen molar-refractivity contribution >= 4 is 40.8 Å². The second-order valence-corrected chi connectivity index (χ2v) is 8.59. The second-order valence-electron chi connectivity index (χ2n) is 8.16. The summed E-state index contributed by atoms with van der Waals surface area (Å²) in [7, 11) is 0. The summed E-state index contributed by atoms with van der Waals surface area (Å²) >= 11 is 6.04. The van der Waals surface area contributed by atoms with E-state index in [9.17, 15) is 14.4 Å². The lowest BCUT2D eigenvalue weighted by Gasteiger charge is -2.23. The van der Waals surface area contributed by atoms with Crippen LogP contribution in [-0.4, -0.2) is 42.4 Å². The molecule has 0 fully saturated rings. The summed E-state index contributed by atoms with van der Waals surface area (Å²) in [6.07, 6.45) is -0.0265. The average molecular weight is 512 g/mol. The fraction of sp³-hybridized carbons (Fsp3) is 0.172. The lowest BCUT2D eigenvalue weighted by Crippen LogP contribution is -2.38. The lowest BCUT2D eigenvalue weighted by molar-refractivity contribution is -0.143. The van der Waals surface area contributed by atoms with Gasteiger partial charge in [0.05, 0.1) is 35.9 Å². The highest BCUT2D eigenvalue weighted by molar-refractivity contribution is 6.30. The number of hydrogen-bond donors (Lipinski definition) is 0. The van der Waals surface area contributed by atoms with Gasteiger partial charge in [-0.15, -0.1) is 0 Å². The van der Waals surface area contributed by atoms with Gasteiger partial charge in [0, 0.05) is 28.4 Å². The molecule has 0 saturated heterocycles. The Morgan fingerprint density at radius 1 is 0.973 bits per heavy atom. The molecule has 0 aliphatic carbocycles. The Kier molecular flexibility index (Phi) is 7.88. The van der Waals surface area contributed by atoms with Crippen LogP contribution in [0.4, 0.5) is 11.4 Å². The zero-order valence-corrected chi connectivity index (χ0v) is 20.8. The number of fused-ring (bicyclic) bond motifs is 1. The Morgan fingerprint density at radius 3 is 2.30 bits per heavy atom. The summed E-state index contributed by atoms with van der Waals surface area (Å²) in [5.41, 5.74) is 3.10. The highest BCUT2D eigenvalue weighted by Crippen LogP contribution is 2.33. The third kappa shape index (κ3) is 5.98. The highest BCUT2D eigenvalue weighted by Gasteiger charge is 2.33. The van der Waals surface area contributed by atoms with Gasteiger partial charge in [0.25, 0.3) is 11.8 Å². The Labute approximate surface area is 219 Å². The van der Waals surface area contributed by atoms with E-state index in [0.717, 1.165) is 0 Å². The van der Waals surface area contributed by atoms with Gasteiger partial charge in [0.1, 0.15) is 6.54 Å². The number of anilines is 2. The van der Waals surface area contributed by atoms with Crippen LogP contribution in [0.25, 0.3) is 0 Å². The van der Waals surface area contributed by atoms with Crippen molar-refractivity contribution in [1.82, 2.24) is 4.90 Å². The first kappa shape index (κ1) is 25.5. The number of hydrogen-bond acceptors (Lipinski definition) is 5. The SMILES string of the molecule is CCOC(=O)CCN1CC(=O)N(c2ccc(Cl)cc2)c2ccc(C#Cc3ccc(C#N)cc3)cc2C1=O. The predicted molar refractivity (Wildman–Crippen MR) is 139 cm³/mol. The smallest absolute Gasteiger partial charge is 0.307 e. The molecule has 0 atom stereocenters. The molecule has 1 aliphatic heterocycles. The lowest BCUT2D eigenvalue weighted by atomic mass is 10.1. The fourth-order valence-electron chi connectivity index (χ4n) is 3.88. The molecule has 3 aromatic carbocycles. The number of esters is 1. The topological polar surface area (TPSA) is 90.7 Å². The molecule has 7 nitrogen and oxygen atoms in total. The molecule has 0 radical (unpaired) electrons. The number of carbonyl (C=O) groups is 3. The van der Waals surface area contributed by atoms with Crippen molar-refractivity contribution in [1.29, 1.82) is 5.26 Å². The van der Waals surface area contributed by atoms with Gasteiger partial charge in [0.15, 0.2) is 0 Å². The minimum absolute atomic E-state index is 0.0265. The maximum Gasteiger partial charge on any atom is 0.307 e. The molecular formula is C29H22ClN3O4. The van der Waals surface area contributed by atoms with Crippen molar-refractivity contribution < 1.29 is 19.1 Å². The minimum atomic E-state index is -0.441. The molecule has 1 heterocycles. The van der Waals surface area contributed by atoms with Crippen LogP contribution in [0, 0.1) is 23.2 Å². The molecule has 3 aromatic rings. The van der Waals surface area contributed by atoms with E-state index in [1.807, 2.05) is 0 Å². The minimum Gasteiger partial charge on any atom is -0.466 e. The molecule has 8 heteroatoms. The van der Waals surface area contributed by atoms with E-state index in [-0.39, 0.29) is 43.5 Å². The number of ether oxygens (including phenoxy) is 1. The predicted octanol–water partition coefficient (Wildman–Crippen LogP) is 4.69. The monoisotopic (exact) mass is 511 g/mol. The summed E-state index contributed by atoms with van der Waals surface area (Å²) in [5, 5.41) is 9.49. The molecule has 2 amide bonds. The van der Waals surface area contributed by atoms with Crippen molar-refractivity contribution in [2.45, 2.75) is 13.3 Å². The Balaban J connectivity index is 1.73. The Bertz CT molecular complexity index is 1450. The summed E-state index contributed by atoms with van der Waals surface area (Å²) < 4.78 is 4.98. The van der Waals surface area contributed by atoms with Gasteiger partial charge in [-0.05, 0) is 73.7 Å². The van der Waals surface area contributed by atoms with Gasteiger partial charge in [-0.25, -0.2) is 0 Å². The van der Waals surface area contributed by atoms with Crippen LogP contribution in [-0.2, 0) is 14.3 Å². The Morgan fingerprint density at radius 2 is 1.62 bits per heavy atom. The van der Waals surface area contributed by atoms with E-state index < -0.39 is 5.97 Å². The molecule has 4 rings (SSSR count). The quantitative estimate of drug-likeness (QED) is 0.366. The van der Waals surface area contributed by atoms with Crippen LogP contribution in [0.3, 0.4) is 0 Å². The van der Waals surface area contributed by atoms with E-state index in [2.05, 4.69) is 17.9 Å². The standard InChI is InChI=1S/C29H22ClN3O4/c1-2-37-28(35)15-16-32-19-27(34)33(24-12-10-23(30)11-13-24)26-14-9-21(17-25(26)29(32)36)6-3-20-4-7-22(18-31)8-5-20/h4-5,7-14,17H,2,15-16,19H2,1H3. The number of rotatable bonds is 5. The highest BCUT2D eigenvalue weighted by atomic mass is 35.5. The molecular weight excluding hydrogens is 490 g/mol. The van der Waals surface area contributed by atoms with Crippen LogP contribution >= 0.6 is 11.6 Å². The molecule has 1 aliphatic rings. The van der Waals surface area contributed by atoms with Crippen LogP contribution < -0.4 is 4.90 Å². The number of halogens is 1. The number of nitrogens with zero attached hydrogens (tertiary/aromatic N) is 3. The van der Waals surface area contributed by atoms with Gasteiger partial charge in [-0.3, -0.25) is 19.3 Å². The van der Waals surface area contributed by atoms with Crippen molar-refractivity contribution in [3.63, 3.8) is 0 Å². The van der Waals surface area contributed by atoms with Gasteiger partial charge >= 0.3 is 5.97 Å². The first-order valence-electron chi connectivity index (χ1n) is 11.6. The van der Waals surface area contributed by atoms with Crippen LogP contribution in [0.1, 0.15) is 40.4 Å². The van der Waals surface area contributed by atoms with Crippen molar-refractivity contribution in [2.75, 3.05) is 24.6 Å². The molecule has 0 spiro atoms. The zero-order valence-electron chi connectivity index (χ0n) is 20.0. The van der Waals surface area contributed by atoms with Crippen molar-refractivity contribution in [3.8, 4) is 17.9 Å². The maximum absolute atomic E-state index is 13.6. The van der Waals surface area contributed by atoms with E-state index in [4.69, 9.17) is 21.6 Å². The van der Waals surface area contributed by atoms with Crippen LogP contribution in [0.5, 0.6) is 0 Å². The summed E-state index contributed by atoms with van der Waals surface area (Å²) in [5.74, 6) is 4.93. The van der Waals surface area contributed by atoms with Crippen molar-refractivity contribution in [2.24, 2.45) is 0 Å². The maximum atomic E-state index is 13.6. The zero-order chi connectivity index (χ0) is 26.4. The summed E-state index contributed by atoms with van der Waals surface area (Å²) in [4.78, 5) is 41.7. The largest absolute Gasteiger partial charge is 0.466 e. The Hall–Kier alpha value is -4.59. The third-order valence-corrected chi connectivity index (χ3v) is 5.92. The van der Waals surface area contributed by atoms with Gasteiger partial charge in [-0.1, -0.05) is 23.4 Å². The van der Waals surface area contributed by atoms with E-state index in [0.29, 0.717) is 33.1 Å². The molecule has 37 heavy (non-hydrogen) atoms. The fourth-order valence-corrected chi connectivity index (χ4v) is 4.00. The van der Waals surface area contributed by atoms with Gasteiger partial charge in [0.2, 0.25) is 0 Å². The van der Waals surface area contributed by atoms with E-state index in [1.54, 1.807) is 73.7 Å². The molecule has 0 N–H and O–H groups in total. The number of benzene rings is 3. The van der Waals surface area contributed by atoms with Crippen LogP contribution in [0.2, 0.25) is 5.02 Å². The number of nitriles is 1. The number of carbonyl (C=O) groups excluding carboxylic acids is 3. The van der Waals surface area contributed by atoms with Crippen LogP contribution in [0.15, 0.2) is 66.7 Å². The molecule has 0 bridgehead atoms.